The Labute approximate surface area is 184 Å². The van der Waals surface area contributed by atoms with Gasteiger partial charge in [0.15, 0.2) is 0 Å². The lowest BCUT2D eigenvalue weighted by Crippen LogP contribution is -2.07. The molecule has 0 aromatic heterocycles. The van der Waals surface area contributed by atoms with E-state index in [4.69, 9.17) is 10.5 Å². The molecule has 0 saturated heterocycles. The summed E-state index contributed by atoms with van der Waals surface area (Å²) >= 11 is 0. The zero-order valence-electron chi connectivity index (χ0n) is 17.3. The van der Waals surface area contributed by atoms with Gasteiger partial charge in [0.1, 0.15) is 11.5 Å². The summed E-state index contributed by atoms with van der Waals surface area (Å²) in [6, 6.07) is 23.6. The van der Waals surface area contributed by atoms with Gasteiger partial charge in [-0.1, -0.05) is 48.5 Å². The number of fused-ring (bicyclic) bond motifs is 3. The van der Waals surface area contributed by atoms with Crippen LogP contribution in [0, 0.1) is 6.92 Å². The molecule has 4 aromatic carbocycles. The number of anilines is 1. The second-order valence-corrected chi connectivity index (χ2v) is 8.00. The number of nitrogen functional groups attached to an aromatic ring is 1. The second-order valence-electron chi connectivity index (χ2n) is 8.00. The van der Waals surface area contributed by atoms with Crippen molar-refractivity contribution < 1.29 is 17.9 Å². The smallest absolute Gasteiger partial charge is 0.419 e. The molecule has 0 atom stereocenters. The molecule has 0 aliphatic heterocycles. The van der Waals surface area contributed by atoms with Crippen molar-refractivity contribution in [3.05, 3.63) is 101 Å². The van der Waals surface area contributed by atoms with Crippen LogP contribution in [0.5, 0.6) is 11.5 Å². The molecule has 32 heavy (non-hydrogen) atoms. The van der Waals surface area contributed by atoms with E-state index < -0.39 is 11.7 Å². The highest BCUT2D eigenvalue weighted by atomic mass is 19.4. The summed E-state index contributed by atoms with van der Waals surface area (Å²) in [6.45, 7) is 1.83. The maximum absolute atomic E-state index is 13.4. The van der Waals surface area contributed by atoms with Crippen LogP contribution in [0.25, 0.3) is 22.3 Å². The van der Waals surface area contributed by atoms with Crippen LogP contribution < -0.4 is 10.5 Å². The molecule has 0 spiro atoms. The maximum Gasteiger partial charge on any atom is 0.419 e. The largest absolute Gasteiger partial charge is 0.456 e. The summed E-state index contributed by atoms with van der Waals surface area (Å²) in [5, 5.41) is 0. The SMILES string of the molecule is Cc1cc(-c2cccc3c2Cc2ccccc2-3)ccc1Oc1cc(N)ccc1C(F)(F)F. The number of halogens is 3. The number of ether oxygens (including phenoxy) is 1. The van der Waals surface area contributed by atoms with E-state index in [0.29, 0.717) is 5.75 Å². The Morgan fingerprint density at radius 2 is 1.53 bits per heavy atom. The third kappa shape index (κ3) is 3.50. The standard InChI is InChI=1S/C27H20F3NO/c1-16-13-18(21-7-4-8-22-20-6-3-2-5-17(20)14-23(21)22)9-12-25(16)32-26-15-19(31)10-11-24(26)27(28,29)30/h2-13,15H,14,31H2,1H3. The predicted octanol–water partition coefficient (Wildman–Crippen LogP) is 7.63. The zero-order chi connectivity index (χ0) is 22.5. The molecule has 2 N–H and O–H groups in total. The highest BCUT2D eigenvalue weighted by Gasteiger charge is 2.34. The van der Waals surface area contributed by atoms with Crippen molar-refractivity contribution in [2.45, 2.75) is 19.5 Å². The van der Waals surface area contributed by atoms with Gasteiger partial charge in [0, 0.05) is 11.8 Å². The molecule has 2 nitrogen and oxygen atoms in total. The van der Waals surface area contributed by atoms with Gasteiger partial charge in [-0.25, -0.2) is 0 Å². The fourth-order valence-corrected chi connectivity index (χ4v) is 4.34. The summed E-state index contributed by atoms with van der Waals surface area (Å²) < 4.78 is 45.8. The van der Waals surface area contributed by atoms with Crippen molar-refractivity contribution >= 4 is 5.69 Å². The second kappa shape index (κ2) is 7.45. The molecule has 4 aromatic rings. The number of hydrogen-bond acceptors (Lipinski definition) is 2. The van der Waals surface area contributed by atoms with E-state index in [2.05, 4.69) is 24.3 Å². The van der Waals surface area contributed by atoms with E-state index in [9.17, 15) is 13.2 Å². The number of nitrogens with two attached hydrogens (primary N) is 1. The fourth-order valence-electron chi connectivity index (χ4n) is 4.34. The predicted molar refractivity (Wildman–Crippen MR) is 121 cm³/mol. The summed E-state index contributed by atoms with van der Waals surface area (Å²) in [5.41, 5.74) is 13.0. The third-order valence-corrected chi connectivity index (χ3v) is 5.87. The Kier molecular flexibility index (Phi) is 4.70. The van der Waals surface area contributed by atoms with Crippen molar-refractivity contribution in [2.24, 2.45) is 0 Å². The van der Waals surface area contributed by atoms with Gasteiger partial charge in [0.25, 0.3) is 0 Å². The van der Waals surface area contributed by atoms with Crippen LogP contribution >= 0.6 is 0 Å². The number of alkyl halides is 3. The minimum Gasteiger partial charge on any atom is -0.456 e. The van der Waals surface area contributed by atoms with Crippen molar-refractivity contribution in [2.75, 3.05) is 5.73 Å². The molecule has 1 aliphatic carbocycles. The van der Waals surface area contributed by atoms with Crippen molar-refractivity contribution in [1.29, 1.82) is 0 Å². The van der Waals surface area contributed by atoms with Crippen LogP contribution in [0.4, 0.5) is 18.9 Å². The molecule has 0 radical (unpaired) electrons. The molecule has 0 amide bonds. The summed E-state index contributed by atoms with van der Waals surface area (Å²) in [4.78, 5) is 0. The van der Waals surface area contributed by atoms with Crippen molar-refractivity contribution in [3.63, 3.8) is 0 Å². The summed E-state index contributed by atoms with van der Waals surface area (Å²) in [6.07, 6.45) is -3.67. The average Bonchev–Trinajstić information content (AvgIpc) is 3.13. The van der Waals surface area contributed by atoms with Crippen LogP contribution in [-0.2, 0) is 12.6 Å². The number of hydrogen-bond donors (Lipinski definition) is 1. The molecule has 5 rings (SSSR count). The van der Waals surface area contributed by atoms with Crippen LogP contribution in [0.1, 0.15) is 22.3 Å². The summed E-state index contributed by atoms with van der Waals surface area (Å²) in [7, 11) is 0. The molecule has 0 heterocycles. The van der Waals surface area contributed by atoms with Gasteiger partial charge in [-0.3, -0.25) is 0 Å². The van der Waals surface area contributed by atoms with Gasteiger partial charge in [-0.15, -0.1) is 0 Å². The first-order chi connectivity index (χ1) is 15.3. The number of benzene rings is 4. The first kappa shape index (κ1) is 20.2. The zero-order valence-corrected chi connectivity index (χ0v) is 17.3. The van der Waals surface area contributed by atoms with Crippen molar-refractivity contribution in [1.82, 2.24) is 0 Å². The van der Waals surface area contributed by atoms with Crippen LogP contribution in [0.3, 0.4) is 0 Å². The maximum atomic E-state index is 13.4. The third-order valence-electron chi connectivity index (χ3n) is 5.87. The molecule has 0 unspecified atom stereocenters. The molecular formula is C27H20F3NO. The minimum absolute atomic E-state index is 0.210. The molecule has 0 fully saturated rings. The van der Waals surface area contributed by atoms with Gasteiger partial charge in [0.05, 0.1) is 5.56 Å². The number of rotatable bonds is 3. The van der Waals surface area contributed by atoms with Gasteiger partial charge < -0.3 is 10.5 Å². The monoisotopic (exact) mass is 431 g/mol. The van der Waals surface area contributed by atoms with Gasteiger partial charge in [-0.2, -0.15) is 13.2 Å². The molecule has 160 valence electrons. The lowest BCUT2D eigenvalue weighted by molar-refractivity contribution is -0.138. The lowest BCUT2D eigenvalue weighted by Gasteiger charge is -2.16. The van der Waals surface area contributed by atoms with E-state index in [-0.39, 0.29) is 11.4 Å². The van der Waals surface area contributed by atoms with Crippen LogP contribution in [0.15, 0.2) is 78.9 Å². The molecule has 0 bridgehead atoms. The summed E-state index contributed by atoms with van der Waals surface area (Å²) in [5.74, 6) is 0.0603. The highest BCUT2D eigenvalue weighted by Crippen LogP contribution is 2.43. The molecule has 1 aliphatic rings. The molecule has 5 heteroatoms. The Hall–Kier alpha value is -3.73. The van der Waals surface area contributed by atoms with Crippen molar-refractivity contribution in [3.8, 4) is 33.8 Å². The molecular weight excluding hydrogens is 411 g/mol. The van der Waals surface area contributed by atoms with E-state index >= 15 is 0 Å². The number of aryl methyl sites for hydroxylation is 1. The average molecular weight is 431 g/mol. The topological polar surface area (TPSA) is 35.2 Å². The van der Waals surface area contributed by atoms with E-state index in [1.54, 1.807) is 6.07 Å². The van der Waals surface area contributed by atoms with Crippen LogP contribution in [-0.4, -0.2) is 0 Å². The minimum atomic E-state index is -4.53. The molecule has 0 saturated carbocycles. The fraction of sp³-hybridized carbons (Fsp3) is 0.111. The van der Waals surface area contributed by atoms with E-state index in [1.165, 1.54) is 34.4 Å². The Balaban J connectivity index is 1.51. The van der Waals surface area contributed by atoms with Gasteiger partial charge in [-0.05, 0) is 76.6 Å². The van der Waals surface area contributed by atoms with Gasteiger partial charge >= 0.3 is 6.18 Å². The first-order valence-electron chi connectivity index (χ1n) is 10.3. The lowest BCUT2D eigenvalue weighted by atomic mass is 9.94. The normalized spacial score (nSPS) is 12.4. The first-order valence-corrected chi connectivity index (χ1v) is 10.3. The Morgan fingerprint density at radius 1 is 0.781 bits per heavy atom. The van der Waals surface area contributed by atoms with Crippen LogP contribution in [0.2, 0.25) is 0 Å². The quantitative estimate of drug-likeness (QED) is 0.298. The van der Waals surface area contributed by atoms with E-state index in [1.807, 2.05) is 37.3 Å². The van der Waals surface area contributed by atoms with E-state index in [0.717, 1.165) is 29.2 Å². The highest BCUT2D eigenvalue weighted by molar-refractivity contribution is 5.85. The van der Waals surface area contributed by atoms with Gasteiger partial charge in [0.2, 0.25) is 0 Å². The Bertz CT molecular complexity index is 1340. The Morgan fingerprint density at radius 3 is 2.31 bits per heavy atom.